The van der Waals surface area contributed by atoms with E-state index in [0.717, 1.165) is 5.56 Å². The monoisotopic (exact) mass is 299 g/mol. The molecule has 0 spiro atoms. The Morgan fingerprint density at radius 1 is 1.15 bits per heavy atom. The molecule has 2 rings (SSSR count). The van der Waals surface area contributed by atoms with Gasteiger partial charge < -0.3 is 9.52 Å². The van der Waals surface area contributed by atoms with E-state index in [0.29, 0.717) is 6.42 Å². The van der Waals surface area contributed by atoms with Gasteiger partial charge in [0.15, 0.2) is 0 Å². The van der Waals surface area contributed by atoms with Crippen LogP contribution in [-0.2, 0) is 23.1 Å². The Labute approximate surface area is 116 Å². The number of hydrogen-bond acceptors (Lipinski definition) is 4. The lowest BCUT2D eigenvalue weighted by Gasteiger charge is -2.04. The van der Waals surface area contributed by atoms with Crippen LogP contribution in [0, 0.1) is 5.82 Å². The lowest BCUT2D eigenvalue weighted by molar-refractivity contribution is 0.236. The molecular formula is C13H14FNO4S. The molecule has 0 fully saturated rings. The average molecular weight is 299 g/mol. The van der Waals surface area contributed by atoms with E-state index >= 15 is 0 Å². The van der Waals surface area contributed by atoms with Gasteiger partial charge in [-0.3, -0.25) is 0 Å². The summed E-state index contributed by atoms with van der Waals surface area (Å²) < 4.78 is 43.8. The van der Waals surface area contributed by atoms with Crippen molar-refractivity contribution >= 4 is 10.0 Å². The predicted octanol–water partition coefficient (Wildman–Crippen LogP) is 1.43. The second-order valence-corrected chi connectivity index (χ2v) is 5.85. The number of rotatable bonds is 6. The number of nitrogens with one attached hydrogen (secondary N) is 1. The Hall–Kier alpha value is -1.70. The van der Waals surface area contributed by atoms with Crippen molar-refractivity contribution < 1.29 is 22.3 Å². The van der Waals surface area contributed by atoms with E-state index in [-0.39, 0.29) is 29.8 Å². The Kier molecular flexibility index (Phi) is 4.53. The van der Waals surface area contributed by atoms with E-state index in [1.165, 1.54) is 24.3 Å². The van der Waals surface area contributed by atoms with E-state index in [9.17, 15) is 12.8 Å². The maximum absolute atomic E-state index is 12.7. The third kappa shape index (κ3) is 3.66. The highest BCUT2D eigenvalue weighted by Gasteiger charge is 2.17. The zero-order valence-corrected chi connectivity index (χ0v) is 11.4. The molecule has 20 heavy (non-hydrogen) atoms. The van der Waals surface area contributed by atoms with Crippen LogP contribution in [0.3, 0.4) is 0 Å². The van der Waals surface area contributed by atoms with Gasteiger partial charge in [-0.25, -0.2) is 17.5 Å². The smallest absolute Gasteiger partial charge is 0.273 e. The van der Waals surface area contributed by atoms with Gasteiger partial charge in [0, 0.05) is 6.54 Å². The fourth-order valence-corrected chi connectivity index (χ4v) is 2.62. The highest BCUT2D eigenvalue weighted by molar-refractivity contribution is 7.89. The molecule has 0 amide bonds. The molecule has 1 aromatic carbocycles. The molecule has 2 N–H and O–H groups in total. The van der Waals surface area contributed by atoms with E-state index in [2.05, 4.69) is 4.72 Å². The first-order valence-electron chi connectivity index (χ1n) is 5.95. The largest absolute Gasteiger partial charge is 0.446 e. The van der Waals surface area contributed by atoms with Gasteiger partial charge in [0.05, 0.1) is 0 Å². The molecule has 0 radical (unpaired) electrons. The fraction of sp³-hybridized carbons (Fsp3) is 0.231. The number of benzene rings is 1. The second kappa shape index (κ2) is 6.17. The van der Waals surface area contributed by atoms with Crippen LogP contribution in [0.1, 0.15) is 11.3 Å². The van der Waals surface area contributed by atoms with Crippen LogP contribution in [0.25, 0.3) is 0 Å². The second-order valence-electron chi connectivity index (χ2n) is 4.15. The highest BCUT2D eigenvalue weighted by Crippen LogP contribution is 2.13. The summed E-state index contributed by atoms with van der Waals surface area (Å²) in [6.45, 7) is -0.186. The van der Waals surface area contributed by atoms with Crippen LogP contribution in [-0.4, -0.2) is 20.1 Å². The first kappa shape index (κ1) is 14.7. The van der Waals surface area contributed by atoms with Gasteiger partial charge in [-0.2, -0.15) is 0 Å². The molecule has 108 valence electrons. The number of halogens is 1. The zero-order chi connectivity index (χ0) is 14.6. The van der Waals surface area contributed by atoms with Crippen molar-refractivity contribution in [2.75, 3.05) is 6.54 Å². The van der Waals surface area contributed by atoms with Crippen molar-refractivity contribution in [3.8, 4) is 0 Å². The molecule has 0 aliphatic carbocycles. The van der Waals surface area contributed by atoms with E-state index in [4.69, 9.17) is 9.52 Å². The van der Waals surface area contributed by atoms with Crippen LogP contribution in [0.2, 0.25) is 0 Å². The Morgan fingerprint density at radius 2 is 1.85 bits per heavy atom. The Balaban J connectivity index is 1.94. The van der Waals surface area contributed by atoms with Gasteiger partial charge in [0.25, 0.3) is 10.0 Å². The number of aliphatic hydroxyl groups is 1. The minimum absolute atomic E-state index is 0.170. The molecule has 0 saturated heterocycles. The van der Waals surface area contributed by atoms with Crippen molar-refractivity contribution in [2.45, 2.75) is 18.1 Å². The average Bonchev–Trinajstić information content (AvgIpc) is 2.90. The van der Waals surface area contributed by atoms with E-state index in [1.54, 1.807) is 12.1 Å². The summed E-state index contributed by atoms with van der Waals surface area (Å²) in [6, 6.07) is 8.52. The van der Waals surface area contributed by atoms with Crippen molar-refractivity contribution in [3.63, 3.8) is 0 Å². The minimum atomic E-state index is -3.73. The number of hydrogen-bond donors (Lipinski definition) is 2. The maximum Gasteiger partial charge on any atom is 0.273 e. The zero-order valence-electron chi connectivity index (χ0n) is 10.5. The summed E-state index contributed by atoms with van der Waals surface area (Å²) in [4.78, 5) is 0. The quantitative estimate of drug-likeness (QED) is 0.845. The van der Waals surface area contributed by atoms with Crippen LogP contribution in [0.4, 0.5) is 4.39 Å². The van der Waals surface area contributed by atoms with Crippen molar-refractivity contribution in [1.82, 2.24) is 4.72 Å². The summed E-state index contributed by atoms with van der Waals surface area (Å²) in [5.41, 5.74) is 0.824. The van der Waals surface area contributed by atoms with Crippen LogP contribution in [0.5, 0.6) is 0 Å². The third-order valence-corrected chi connectivity index (χ3v) is 4.01. The van der Waals surface area contributed by atoms with Gasteiger partial charge in [-0.1, -0.05) is 12.1 Å². The summed E-state index contributed by atoms with van der Waals surface area (Å²) in [6.07, 6.45) is 0.438. The Morgan fingerprint density at radius 3 is 2.45 bits per heavy atom. The van der Waals surface area contributed by atoms with Crippen molar-refractivity contribution in [3.05, 3.63) is 53.5 Å². The molecular weight excluding hydrogens is 285 g/mol. The molecule has 7 heteroatoms. The molecule has 0 aliphatic heterocycles. The number of aliphatic hydroxyl groups excluding tert-OH is 1. The predicted molar refractivity (Wildman–Crippen MR) is 69.9 cm³/mol. The van der Waals surface area contributed by atoms with Crippen LogP contribution < -0.4 is 4.72 Å². The molecule has 0 aliphatic rings. The molecule has 0 saturated carbocycles. The van der Waals surface area contributed by atoms with Gasteiger partial charge in [-0.05, 0) is 36.2 Å². The summed E-state index contributed by atoms with van der Waals surface area (Å²) in [5.74, 6) is -0.148. The standard InChI is InChI=1S/C13H14FNO4S/c14-11-3-1-10(2-4-11)7-8-15-20(17,18)13-6-5-12(9-16)19-13/h1-6,15-16H,7-9H2. The normalized spacial score (nSPS) is 11.7. The SMILES string of the molecule is O=S(=O)(NCCc1ccc(F)cc1)c1ccc(CO)o1. The first-order chi connectivity index (χ1) is 9.51. The molecule has 5 nitrogen and oxygen atoms in total. The van der Waals surface area contributed by atoms with Crippen LogP contribution in [0.15, 0.2) is 45.9 Å². The Bertz CT molecular complexity index is 664. The van der Waals surface area contributed by atoms with E-state index < -0.39 is 10.0 Å². The lowest BCUT2D eigenvalue weighted by Crippen LogP contribution is -2.25. The fourth-order valence-electron chi connectivity index (χ4n) is 1.64. The van der Waals surface area contributed by atoms with Gasteiger partial charge in [-0.15, -0.1) is 0 Å². The number of sulfonamides is 1. The number of furan rings is 1. The lowest BCUT2D eigenvalue weighted by atomic mass is 10.1. The summed E-state index contributed by atoms with van der Waals surface area (Å²) in [5, 5.41) is 8.59. The van der Waals surface area contributed by atoms with Gasteiger partial charge in [0.1, 0.15) is 18.2 Å². The van der Waals surface area contributed by atoms with E-state index in [1.807, 2.05) is 0 Å². The topological polar surface area (TPSA) is 79.5 Å². The molecule has 0 unspecified atom stereocenters. The summed E-state index contributed by atoms with van der Waals surface area (Å²) >= 11 is 0. The van der Waals surface area contributed by atoms with Crippen molar-refractivity contribution in [2.24, 2.45) is 0 Å². The maximum atomic E-state index is 12.7. The summed E-state index contributed by atoms with van der Waals surface area (Å²) in [7, 11) is -3.73. The molecule has 1 aromatic heterocycles. The van der Waals surface area contributed by atoms with Gasteiger partial charge >= 0.3 is 0 Å². The third-order valence-electron chi connectivity index (χ3n) is 2.68. The molecule has 0 atom stereocenters. The first-order valence-corrected chi connectivity index (χ1v) is 7.43. The molecule has 1 heterocycles. The van der Waals surface area contributed by atoms with Crippen molar-refractivity contribution in [1.29, 1.82) is 0 Å². The minimum Gasteiger partial charge on any atom is -0.446 e. The molecule has 2 aromatic rings. The highest BCUT2D eigenvalue weighted by atomic mass is 32.2. The van der Waals surface area contributed by atoms with Crippen LogP contribution >= 0.6 is 0 Å². The molecule has 0 bridgehead atoms. The van der Waals surface area contributed by atoms with Gasteiger partial charge in [0.2, 0.25) is 5.09 Å².